The van der Waals surface area contributed by atoms with E-state index < -0.39 is 0 Å². The average molecular weight is 415 g/mol. The van der Waals surface area contributed by atoms with Crippen molar-refractivity contribution >= 4 is 17.5 Å². The van der Waals surface area contributed by atoms with E-state index in [1.807, 2.05) is 51.7 Å². The summed E-state index contributed by atoms with van der Waals surface area (Å²) in [5.41, 5.74) is 1.30. The van der Waals surface area contributed by atoms with E-state index in [1.165, 1.54) is 4.90 Å². The molecule has 1 amide bonds. The van der Waals surface area contributed by atoms with E-state index in [0.717, 1.165) is 13.1 Å². The third-order valence-electron chi connectivity index (χ3n) is 5.37. The van der Waals surface area contributed by atoms with E-state index in [9.17, 15) is 14.4 Å². The van der Waals surface area contributed by atoms with Crippen LogP contribution in [0, 0.1) is 0 Å². The Bertz CT molecular complexity index is 827. The highest BCUT2D eigenvalue weighted by Crippen LogP contribution is 2.30. The average Bonchev–Trinajstić information content (AvgIpc) is 2.73. The van der Waals surface area contributed by atoms with Crippen LogP contribution in [0.25, 0.3) is 0 Å². The SMILES string of the molecule is CCN(CC)C1=C(N(CC)C(=O)CN(C)CCN(C)C)C(=O)c2ccccc2C1=O. The van der Waals surface area contributed by atoms with E-state index in [0.29, 0.717) is 36.5 Å². The number of likely N-dealkylation sites (N-methyl/N-ethyl adjacent to an activating group) is 4. The Morgan fingerprint density at radius 3 is 1.80 bits per heavy atom. The van der Waals surface area contributed by atoms with Crippen LogP contribution in [0.3, 0.4) is 0 Å². The molecule has 0 aromatic heterocycles. The normalized spacial score (nSPS) is 13.9. The lowest BCUT2D eigenvalue weighted by Crippen LogP contribution is -2.46. The van der Waals surface area contributed by atoms with Gasteiger partial charge < -0.3 is 14.7 Å². The molecule has 2 rings (SSSR count). The van der Waals surface area contributed by atoms with Gasteiger partial charge in [-0.3, -0.25) is 19.3 Å². The van der Waals surface area contributed by atoms with E-state index in [2.05, 4.69) is 4.90 Å². The predicted molar refractivity (Wildman–Crippen MR) is 118 cm³/mol. The zero-order valence-corrected chi connectivity index (χ0v) is 19.1. The highest BCUT2D eigenvalue weighted by atomic mass is 16.2. The molecule has 1 aromatic carbocycles. The minimum atomic E-state index is -0.266. The van der Waals surface area contributed by atoms with Crippen molar-refractivity contribution in [2.45, 2.75) is 20.8 Å². The van der Waals surface area contributed by atoms with Crippen molar-refractivity contribution in [3.8, 4) is 0 Å². The van der Waals surface area contributed by atoms with Crippen LogP contribution in [0.15, 0.2) is 35.7 Å². The van der Waals surface area contributed by atoms with Crippen molar-refractivity contribution in [2.24, 2.45) is 0 Å². The molecule has 0 radical (unpaired) electrons. The summed E-state index contributed by atoms with van der Waals surface area (Å²) >= 11 is 0. The van der Waals surface area contributed by atoms with Crippen LogP contribution in [0.5, 0.6) is 0 Å². The van der Waals surface area contributed by atoms with Gasteiger partial charge in [-0.25, -0.2) is 0 Å². The lowest BCUT2D eigenvalue weighted by molar-refractivity contribution is -0.130. The number of carbonyl (C=O) groups is 3. The van der Waals surface area contributed by atoms with E-state index in [1.54, 1.807) is 24.3 Å². The van der Waals surface area contributed by atoms with Gasteiger partial charge in [-0.1, -0.05) is 24.3 Å². The second kappa shape index (κ2) is 10.5. The van der Waals surface area contributed by atoms with Crippen molar-refractivity contribution in [1.29, 1.82) is 0 Å². The van der Waals surface area contributed by atoms with E-state index in [-0.39, 0.29) is 29.7 Å². The molecule has 0 aliphatic heterocycles. The van der Waals surface area contributed by atoms with Gasteiger partial charge in [0.25, 0.3) is 0 Å². The molecule has 1 aromatic rings. The van der Waals surface area contributed by atoms with Gasteiger partial charge in [0.1, 0.15) is 11.4 Å². The zero-order valence-electron chi connectivity index (χ0n) is 19.1. The van der Waals surface area contributed by atoms with Crippen molar-refractivity contribution in [3.63, 3.8) is 0 Å². The van der Waals surface area contributed by atoms with Crippen molar-refractivity contribution in [3.05, 3.63) is 46.8 Å². The third kappa shape index (κ3) is 4.96. The second-order valence-electron chi connectivity index (χ2n) is 7.75. The van der Waals surface area contributed by atoms with Crippen LogP contribution in [-0.4, -0.2) is 97.5 Å². The van der Waals surface area contributed by atoms with Gasteiger partial charge in [-0.05, 0) is 41.9 Å². The highest BCUT2D eigenvalue weighted by molar-refractivity contribution is 6.27. The molecule has 164 valence electrons. The molecule has 1 aliphatic rings. The molecule has 7 heteroatoms. The summed E-state index contributed by atoms with van der Waals surface area (Å²) in [5, 5.41) is 0. The van der Waals surface area contributed by atoms with Crippen LogP contribution < -0.4 is 0 Å². The number of Topliss-reactive ketones (excluding diaryl/α,β-unsaturated/α-hetero) is 2. The topological polar surface area (TPSA) is 64.2 Å². The van der Waals surface area contributed by atoms with Gasteiger partial charge in [0, 0.05) is 43.9 Å². The molecule has 0 saturated carbocycles. The summed E-state index contributed by atoms with van der Waals surface area (Å²) < 4.78 is 0. The number of amides is 1. The molecule has 0 spiro atoms. The third-order valence-corrected chi connectivity index (χ3v) is 5.37. The highest BCUT2D eigenvalue weighted by Gasteiger charge is 2.38. The monoisotopic (exact) mass is 414 g/mol. The molecule has 1 aliphatic carbocycles. The maximum absolute atomic E-state index is 13.5. The number of hydrogen-bond acceptors (Lipinski definition) is 6. The van der Waals surface area contributed by atoms with E-state index in [4.69, 9.17) is 0 Å². The molecule has 30 heavy (non-hydrogen) atoms. The fourth-order valence-electron chi connectivity index (χ4n) is 3.66. The van der Waals surface area contributed by atoms with E-state index >= 15 is 0 Å². The summed E-state index contributed by atoms with van der Waals surface area (Å²) in [6, 6.07) is 6.85. The largest absolute Gasteiger partial charge is 0.367 e. The van der Waals surface area contributed by atoms with Gasteiger partial charge in [0.15, 0.2) is 0 Å². The molecule has 0 N–H and O–H groups in total. The van der Waals surface area contributed by atoms with Crippen LogP contribution in [0.1, 0.15) is 41.5 Å². The number of rotatable bonds is 10. The molecule has 0 saturated heterocycles. The smallest absolute Gasteiger partial charge is 0.241 e. The number of nitrogens with zero attached hydrogens (tertiary/aromatic N) is 4. The molecular formula is C23H34N4O3. The summed E-state index contributed by atoms with van der Waals surface area (Å²) in [4.78, 5) is 47.4. The van der Waals surface area contributed by atoms with Gasteiger partial charge in [-0.2, -0.15) is 0 Å². The number of allylic oxidation sites excluding steroid dienone is 2. The minimum absolute atomic E-state index is 0.180. The molecule has 7 nitrogen and oxygen atoms in total. The number of fused-ring (bicyclic) bond motifs is 1. The van der Waals surface area contributed by atoms with Crippen molar-refractivity contribution in [2.75, 3.05) is 60.4 Å². The first kappa shape index (κ1) is 23.8. The lowest BCUT2D eigenvalue weighted by atomic mass is 9.89. The van der Waals surface area contributed by atoms with Crippen LogP contribution in [0.4, 0.5) is 0 Å². The molecule has 0 unspecified atom stereocenters. The fraction of sp³-hybridized carbons (Fsp3) is 0.522. The molecule has 0 bridgehead atoms. The number of carbonyl (C=O) groups excluding carboxylic acids is 3. The van der Waals surface area contributed by atoms with Gasteiger partial charge in [-0.15, -0.1) is 0 Å². The molecular weight excluding hydrogens is 380 g/mol. The first-order chi connectivity index (χ1) is 14.3. The second-order valence-corrected chi connectivity index (χ2v) is 7.75. The Hall–Kier alpha value is -2.51. The Kier molecular flexibility index (Phi) is 8.32. The summed E-state index contributed by atoms with van der Waals surface area (Å²) in [6.07, 6.45) is 0. The van der Waals surface area contributed by atoms with Crippen molar-refractivity contribution < 1.29 is 14.4 Å². The predicted octanol–water partition coefficient (Wildman–Crippen LogP) is 1.96. The summed E-state index contributed by atoms with van der Waals surface area (Å²) in [7, 11) is 5.86. The Labute approximate surface area is 179 Å². The molecule has 0 fully saturated rings. The summed E-state index contributed by atoms with van der Waals surface area (Å²) in [5.74, 6) is -0.645. The Morgan fingerprint density at radius 2 is 1.33 bits per heavy atom. The quantitative estimate of drug-likeness (QED) is 0.583. The standard InChI is InChI=1S/C23H34N4O3/c1-7-26(8-2)20-21(23(30)18-13-11-10-12-17(18)22(20)29)27(9-3)19(28)16-25(6)15-14-24(4)5/h10-13H,7-9,14-16H2,1-6H3. The molecule has 0 atom stereocenters. The first-order valence-electron chi connectivity index (χ1n) is 10.6. The lowest BCUT2D eigenvalue weighted by Gasteiger charge is -2.34. The zero-order chi connectivity index (χ0) is 22.4. The van der Waals surface area contributed by atoms with Crippen LogP contribution in [-0.2, 0) is 4.79 Å². The van der Waals surface area contributed by atoms with Crippen LogP contribution >= 0.6 is 0 Å². The van der Waals surface area contributed by atoms with Gasteiger partial charge in [0.05, 0.1) is 6.54 Å². The maximum Gasteiger partial charge on any atom is 0.241 e. The first-order valence-corrected chi connectivity index (χ1v) is 10.6. The Morgan fingerprint density at radius 1 is 0.800 bits per heavy atom. The van der Waals surface area contributed by atoms with Gasteiger partial charge in [0.2, 0.25) is 17.5 Å². The number of ketones is 2. The van der Waals surface area contributed by atoms with Crippen molar-refractivity contribution in [1.82, 2.24) is 19.6 Å². The number of hydrogen-bond donors (Lipinski definition) is 0. The Balaban J connectivity index is 2.48. The fourth-order valence-corrected chi connectivity index (χ4v) is 3.66. The summed E-state index contributed by atoms with van der Waals surface area (Å²) in [6.45, 7) is 8.93. The van der Waals surface area contributed by atoms with Gasteiger partial charge >= 0.3 is 0 Å². The number of benzene rings is 1. The van der Waals surface area contributed by atoms with Crippen LogP contribution in [0.2, 0.25) is 0 Å². The minimum Gasteiger partial charge on any atom is -0.367 e. The molecule has 0 heterocycles. The maximum atomic E-state index is 13.5.